The van der Waals surface area contributed by atoms with Crippen LogP contribution in [-0.4, -0.2) is 33.7 Å². The quantitative estimate of drug-likeness (QED) is 0.492. The summed E-state index contributed by atoms with van der Waals surface area (Å²) in [7, 11) is 0. The monoisotopic (exact) mass is 403 g/mol. The summed E-state index contributed by atoms with van der Waals surface area (Å²) in [6.45, 7) is 1.44. The highest BCUT2D eigenvalue weighted by atomic mass is 32.2. The molecular formula is C19H15F2N3O3S. The van der Waals surface area contributed by atoms with Gasteiger partial charge in [-0.3, -0.25) is 14.8 Å². The van der Waals surface area contributed by atoms with Gasteiger partial charge < -0.3 is 10.1 Å². The number of ether oxygens (including phenoxy) is 1. The number of carbonyl (C=O) groups is 2. The standard InChI is InChI=1S/C19H15F2N3O3S/c1-11(17(25)24-13-3-5-14(6-4-13)28-19(20)21)27-18(26)12-2-7-15-16(10-12)23-9-8-22-15/h2-11,19H,1H3,(H,24,25)/t11-/m1/s1. The molecule has 1 N–H and O–H groups in total. The molecule has 0 saturated heterocycles. The summed E-state index contributed by atoms with van der Waals surface area (Å²) < 4.78 is 29.8. The fourth-order valence-corrected chi connectivity index (χ4v) is 2.83. The molecule has 1 atom stereocenters. The predicted molar refractivity (Wildman–Crippen MR) is 101 cm³/mol. The Labute approximate surface area is 163 Å². The molecule has 1 heterocycles. The minimum Gasteiger partial charge on any atom is -0.449 e. The summed E-state index contributed by atoms with van der Waals surface area (Å²) in [4.78, 5) is 33.1. The number of amides is 1. The lowest BCUT2D eigenvalue weighted by atomic mass is 10.2. The number of rotatable bonds is 6. The molecule has 2 aromatic carbocycles. The molecule has 0 aliphatic heterocycles. The number of halogens is 2. The fraction of sp³-hybridized carbons (Fsp3) is 0.158. The minimum absolute atomic E-state index is 0.251. The van der Waals surface area contributed by atoms with Crippen molar-refractivity contribution in [1.29, 1.82) is 0 Å². The van der Waals surface area contributed by atoms with Gasteiger partial charge in [-0.2, -0.15) is 8.78 Å². The number of hydrogen-bond donors (Lipinski definition) is 1. The van der Waals surface area contributed by atoms with E-state index in [4.69, 9.17) is 4.74 Å². The lowest BCUT2D eigenvalue weighted by molar-refractivity contribution is -0.123. The third kappa shape index (κ3) is 5.01. The maximum absolute atomic E-state index is 12.3. The Kier molecular flexibility index (Phi) is 6.15. The van der Waals surface area contributed by atoms with Gasteiger partial charge in [0.05, 0.1) is 16.6 Å². The predicted octanol–water partition coefficient (Wildman–Crippen LogP) is 4.13. The van der Waals surface area contributed by atoms with Gasteiger partial charge in [-0.05, 0) is 49.4 Å². The first-order valence-corrected chi connectivity index (χ1v) is 9.08. The molecule has 3 aromatic rings. The lowest BCUT2D eigenvalue weighted by Crippen LogP contribution is -2.30. The van der Waals surface area contributed by atoms with Crippen molar-refractivity contribution in [2.24, 2.45) is 0 Å². The van der Waals surface area contributed by atoms with Crippen LogP contribution in [0.5, 0.6) is 0 Å². The molecule has 28 heavy (non-hydrogen) atoms. The van der Waals surface area contributed by atoms with Crippen LogP contribution in [0.3, 0.4) is 0 Å². The van der Waals surface area contributed by atoms with Crippen LogP contribution < -0.4 is 5.32 Å². The Morgan fingerprint density at radius 1 is 1.04 bits per heavy atom. The number of fused-ring (bicyclic) bond motifs is 1. The van der Waals surface area contributed by atoms with Crippen molar-refractivity contribution in [3.05, 3.63) is 60.4 Å². The number of nitrogens with zero attached hydrogens (tertiary/aromatic N) is 2. The molecule has 0 saturated carbocycles. The molecule has 6 nitrogen and oxygen atoms in total. The molecule has 3 rings (SSSR count). The Morgan fingerprint density at radius 2 is 1.71 bits per heavy atom. The van der Waals surface area contributed by atoms with Gasteiger partial charge in [-0.1, -0.05) is 11.8 Å². The van der Waals surface area contributed by atoms with Crippen molar-refractivity contribution in [1.82, 2.24) is 9.97 Å². The highest BCUT2D eigenvalue weighted by molar-refractivity contribution is 7.99. The zero-order chi connectivity index (χ0) is 20.1. The molecule has 1 amide bonds. The second kappa shape index (κ2) is 8.75. The molecule has 144 valence electrons. The molecule has 0 spiro atoms. The molecule has 1 aromatic heterocycles. The number of anilines is 1. The molecule has 0 aliphatic carbocycles. The number of carbonyl (C=O) groups excluding carboxylic acids is 2. The van der Waals surface area contributed by atoms with E-state index < -0.39 is 23.7 Å². The first-order valence-electron chi connectivity index (χ1n) is 8.20. The third-order valence-corrected chi connectivity index (χ3v) is 4.43. The molecule has 0 bridgehead atoms. The van der Waals surface area contributed by atoms with Crippen LogP contribution in [0.15, 0.2) is 59.8 Å². The van der Waals surface area contributed by atoms with Gasteiger partial charge >= 0.3 is 5.97 Å². The van der Waals surface area contributed by atoms with Gasteiger partial charge in [0.25, 0.3) is 11.7 Å². The Hall–Kier alpha value is -3.07. The average molecular weight is 403 g/mol. The number of benzene rings is 2. The van der Waals surface area contributed by atoms with Crippen molar-refractivity contribution < 1.29 is 23.1 Å². The van der Waals surface area contributed by atoms with E-state index in [0.29, 0.717) is 33.4 Å². The molecule has 0 aliphatic rings. The molecule has 9 heteroatoms. The van der Waals surface area contributed by atoms with Crippen LogP contribution in [0.4, 0.5) is 14.5 Å². The minimum atomic E-state index is -2.51. The highest BCUT2D eigenvalue weighted by Crippen LogP contribution is 2.26. The zero-order valence-electron chi connectivity index (χ0n) is 14.6. The largest absolute Gasteiger partial charge is 0.449 e. The van der Waals surface area contributed by atoms with Crippen molar-refractivity contribution in [3.8, 4) is 0 Å². The summed E-state index contributed by atoms with van der Waals surface area (Å²) in [6, 6.07) is 10.7. The van der Waals surface area contributed by atoms with Gasteiger partial charge in [-0.25, -0.2) is 4.79 Å². The Balaban J connectivity index is 1.60. The molecule has 0 unspecified atom stereocenters. The second-order valence-corrected chi connectivity index (χ2v) is 6.76. The van der Waals surface area contributed by atoms with E-state index in [9.17, 15) is 18.4 Å². The highest BCUT2D eigenvalue weighted by Gasteiger charge is 2.19. The van der Waals surface area contributed by atoms with Gasteiger partial charge in [-0.15, -0.1) is 0 Å². The van der Waals surface area contributed by atoms with Crippen molar-refractivity contribution in [2.75, 3.05) is 5.32 Å². The Morgan fingerprint density at radius 3 is 2.39 bits per heavy atom. The summed E-state index contributed by atoms with van der Waals surface area (Å²) in [5.74, 6) is -3.72. The maximum atomic E-state index is 12.3. The van der Waals surface area contributed by atoms with E-state index in [2.05, 4.69) is 15.3 Å². The first-order chi connectivity index (χ1) is 13.4. The van der Waals surface area contributed by atoms with Gasteiger partial charge in [0.1, 0.15) is 0 Å². The van der Waals surface area contributed by atoms with E-state index >= 15 is 0 Å². The molecular weight excluding hydrogens is 388 g/mol. The second-order valence-electron chi connectivity index (χ2n) is 5.70. The third-order valence-electron chi connectivity index (χ3n) is 3.71. The van der Waals surface area contributed by atoms with E-state index in [-0.39, 0.29) is 5.56 Å². The van der Waals surface area contributed by atoms with Crippen molar-refractivity contribution >= 4 is 40.4 Å². The van der Waals surface area contributed by atoms with Crippen LogP contribution in [-0.2, 0) is 9.53 Å². The van der Waals surface area contributed by atoms with Crippen LogP contribution in [0, 0.1) is 0 Å². The normalized spacial score (nSPS) is 12.0. The van der Waals surface area contributed by atoms with Crippen molar-refractivity contribution in [2.45, 2.75) is 23.7 Å². The smallest absolute Gasteiger partial charge is 0.338 e. The van der Waals surface area contributed by atoms with E-state index in [1.165, 1.54) is 43.5 Å². The number of nitrogens with one attached hydrogen (secondary N) is 1. The molecule has 0 fully saturated rings. The van der Waals surface area contributed by atoms with Crippen LogP contribution in [0.1, 0.15) is 17.3 Å². The van der Waals surface area contributed by atoms with Gasteiger partial charge in [0.2, 0.25) is 0 Å². The summed E-state index contributed by atoms with van der Waals surface area (Å²) >= 11 is 0.414. The number of alkyl halides is 2. The number of thioether (sulfide) groups is 1. The van der Waals surface area contributed by atoms with Gasteiger partial charge in [0.15, 0.2) is 6.10 Å². The average Bonchev–Trinajstić information content (AvgIpc) is 2.68. The Bertz CT molecular complexity index is 999. The SMILES string of the molecule is C[C@@H](OC(=O)c1ccc2nccnc2c1)C(=O)Nc1ccc(SC(F)F)cc1. The number of esters is 1. The summed E-state index contributed by atoms with van der Waals surface area (Å²) in [5, 5.41) is 2.57. The van der Waals surface area contributed by atoms with Crippen LogP contribution >= 0.6 is 11.8 Å². The first kappa shape index (κ1) is 19.7. The summed E-state index contributed by atoms with van der Waals surface area (Å²) in [6.07, 6.45) is 2.00. The van der Waals surface area contributed by atoms with E-state index in [0.717, 1.165) is 0 Å². The number of hydrogen-bond acceptors (Lipinski definition) is 6. The maximum Gasteiger partial charge on any atom is 0.338 e. The van der Waals surface area contributed by atoms with Gasteiger partial charge in [0, 0.05) is 23.0 Å². The van der Waals surface area contributed by atoms with E-state index in [1.807, 2.05) is 0 Å². The lowest BCUT2D eigenvalue weighted by Gasteiger charge is -2.14. The topological polar surface area (TPSA) is 81.2 Å². The zero-order valence-corrected chi connectivity index (χ0v) is 15.5. The molecule has 0 radical (unpaired) electrons. The van der Waals surface area contributed by atoms with Crippen LogP contribution in [0.2, 0.25) is 0 Å². The number of aromatic nitrogens is 2. The van der Waals surface area contributed by atoms with Crippen molar-refractivity contribution in [3.63, 3.8) is 0 Å². The fourth-order valence-electron chi connectivity index (χ4n) is 2.34. The van der Waals surface area contributed by atoms with Crippen LogP contribution in [0.25, 0.3) is 11.0 Å². The van der Waals surface area contributed by atoms with E-state index in [1.54, 1.807) is 18.3 Å². The summed E-state index contributed by atoms with van der Waals surface area (Å²) in [5.41, 5.74) is 1.84.